The minimum absolute atomic E-state index is 0.0998. The zero-order chi connectivity index (χ0) is 16.4. The summed E-state index contributed by atoms with van der Waals surface area (Å²) in [5, 5.41) is 0. The molecule has 3 nitrogen and oxygen atoms in total. The van der Waals surface area contributed by atoms with Gasteiger partial charge in [0.2, 0.25) is 0 Å². The third kappa shape index (κ3) is 3.07. The van der Waals surface area contributed by atoms with Crippen molar-refractivity contribution in [3.63, 3.8) is 0 Å². The molecule has 0 amide bonds. The van der Waals surface area contributed by atoms with Gasteiger partial charge in [-0.2, -0.15) is 0 Å². The molecule has 0 spiro atoms. The maximum Gasteiger partial charge on any atom is 0.186 e. The van der Waals surface area contributed by atoms with E-state index in [0.29, 0.717) is 5.56 Å². The van der Waals surface area contributed by atoms with Gasteiger partial charge in [0.25, 0.3) is 0 Å². The lowest BCUT2D eigenvalue weighted by atomic mass is 10.0. The first kappa shape index (κ1) is 15.2. The molecule has 0 saturated heterocycles. The van der Waals surface area contributed by atoms with Crippen LogP contribution in [0, 0.1) is 12.7 Å². The Morgan fingerprint density at radius 1 is 1.04 bits per heavy atom. The molecule has 0 aliphatic rings. The maximum atomic E-state index is 13.1. The summed E-state index contributed by atoms with van der Waals surface area (Å²) in [6, 6.07) is 16.7. The summed E-state index contributed by atoms with van der Waals surface area (Å²) in [5.74, 6) is -0.298. The molecule has 2 N–H and O–H groups in total. The van der Waals surface area contributed by atoms with Crippen LogP contribution >= 0.6 is 0 Å². The molecule has 2 aromatic carbocycles. The van der Waals surface area contributed by atoms with Crippen LogP contribution in [-0.2, 0) is 0 Å². The third-order valence-electron chi connectivity index (χ3n) is 3.87. The highest BCUT2D eigenvalue weighted by atomic mass is 19.1. The predicted molar refractivity (Wildman–Crippen MR) is 89.2 cm³/mol. The summed E-state index contributed by atoms with van der Waals surface area (Å²) in [5.41, 5.74) is 9.10. The van der Waals surface area contributed by atoms with E-state index in [1.807, 2.05) is 41.8 Å². The van der Waals surface area contributed by atoms with Crippen LogP contribution < -0.4 is 11.2 Å². The lowest BCUT2D eigenvalue weighted by Crippen LogP contribution is -2.23. The molecule has 0 aliphatic carbocycles. The summed E-state index contributed by atoms with van der Waals surface area (Å²) >= 11 is 0. The van der Waals surface area contributed by atoms with Gasteiger partial charge in [0, 0.05) is 29.2 Å². The van der Waals surface area contributed by atoms with Gasteiger partial charge < -0.3 is 10.3 Å². The van der Waals surface area contributed by atoms with Crippen molar-refractivity contribution in [3.05, 3.63) is 99.7 Å². The van der Waals surface area contributed by atoms with Gasteiger partial charge in [-0.05, 0) is 36.8 Å². The number of aromatic nitrogens is 1. The zero-order valence-corrected chi connectivity index (χ0v) is 12.7. The minimum Gasteiger partial charge on any atom is -0.321 e. The van der Waals surface area contributed by atoms with E-state index in [4.69, 9.17) is 5.73 Å². The van der Waals surface area contributed by atoms with Crippen LogP contribution in [-0.4, -0.2) is 4.57 Å². The Bertz CT molecular complexity index is 870. The molecule has 3 aromatic rings. The van der Waals surface area contributed by atoms with E-state index < -0.39 is 6.04 Å². The number of nitrogens with zero attached hydrogens (tertiary/aromatic N) is 1. The van der Waals surface area contributed by atoms with E-state index in [1.54, 1.807) is 24.4 Å². The van der Waals surface area contributed by atoms with Crippen LogP contribution in [0.5, 0.6) is 0 Å². The topological polar surface area (TPSA) is 48.0 Å². The molecule has 23 heavy (non-hydrogen) atoms. The fourth-order valence-electron chi connectivity index (χ4n) is 2.60. The highest BCUT2D eigenvalue weighted by molar-refractivity contribution is 5.38. The van der Waals surface area contributed by atoms with Gasteiger partial charge in [0.05, 0.1) is 6.04 Å². The first-order valence-electron chi connectivity index (χ1n) is 7.36. The van der Waals surface area contributed by atoms with Gasteiger partial charge in [-0.25, -0.2) is 4.39 Å². The second-order valence-corrected chi connectivity index (χ2v) is 5.47. The van der Waals surface area contributed by atoms with Crippen molar-refractivity contribution in [3.8, 4) is 5.69 Å². The van der Waals surface area contributed by atoms with E-state index in [0.717, 1.165) is 16.9 Å². The fraction of sp³-hybridized carbons (Fsp3) is 0.105. The SMILES string of the molecule is Cc1cc(=O)c(C(N)c2ccccc2)cn1-c1ccc(F)cc1. The van der Waals surface area contributed by atoms with Crippen molar-refractivity contribution >= 4 is 0 Å². The van der Waals surface area contributed by atoms with Crippen LogP contribution in [0.4, 0.5) is 4.39 Å². The fourth-order valence-corrected chi connectivity index (χ4v) is 2.60. The molecule has 1 unspecified atom stereocenters. The van der Waals surface area contributed by atoms with E-state index in [2.05, 4.69) is 0 Å². The summed E-state index contributed by atoms with van der Waals surface area (Å²) < 4.78 is 15.0. The summed E-state index contributed by atoms with van der Waals surface area (Å²) in [4.78, 5) is 12.3. The number of rotatable bonds is 3. The lowest BCUT2D eigenvalue weighted by Gasteiger charge is -2.17. The second kappa shape index (κ2) is 6.18. The molecule has 1 atom stereocenters. The smallest absolute Gasteiger partial charge is 0.186 e. The first-order chi connectivity index (χ1) is 11.1. The van der Waals surface area contributed by atoms with Crippen LogP contribution in [0.2, 0.25) is 0 Å². The van der Waals surface area contributed by atoms with E-state index >= 15 is 0 Å². The van der Waals surface area contributed by atoms with Crippen molar-refractivity contribution in [1.82, 2.24) is 4.57 Å². The zero-order valence-electron chi connectivity index (χ0n) is 12.7. The second-order valence-electron chi connectivity index (χ2n) is 5.47. The average molecular weight is 308 g/mol. The number of halogens is 1. The van der Waals surface area contributed by atoms with Gasteiger partial charge in [0.15, 0.2) is 5.43 Å². The van der Waals surface area contributed by atoms with E-state index in [9.17, 15) is 9.18 Å². The van der Waals surface area contributed by atoms with Crippen molar-refractivity contribution in [1.29, 1.82) is 0 Å². The third-order valence-corrected chi connectivity index (χ3v) is 3.87. The van der Waals surface area contributed by atoms with E-state index in [-0.39, 0.29) is 11.2 Å². The molecule has 0 fully saturated rings. The van der Waals surface area contributed by atoms with Crippen LogP contribution in [0.3, 0.4) is 0 Å². The largest absolute Gasteiger partial charge is 0.321 e. The molecular formula is C19H17FN2O. The Hall–Kier alpha value is -2.72. The molecule has 0 bridgehead atoms. The number of nitrogens with two attached hydrogens (primary N) is 1. The Balaban J connectivity index is 2.10. The number of aryl methyl sites for hydroxylation is 1. The average Bonchev–Trinajstić information content (AvgIpc) is 2.56. The lowest BCUT2D eigenvalue weighted by molar-refractivity contribution is 0.627. The quantitative estimate of drug-likeness (QED) is 0.807. The Labute approximate surface area is 133 Å². The van der Waals surface area contributed by atoms with Gasteiger partial charge in [0.1, 0.15) is 5.82 Å². The van der Waals surface area contributed by atoms with Crippen LogP contribution in [0.15, 0.2) is 71.7 Å². The molecule has 1 heterocycles. The number of pyridine rings is 1. The Morgan fingerprint density at radius 3 is 2.35 bits per heavy atom. The number of hydrogen-bond donors (Lipinski definition) is 1. The maximum absolute atomic E-state index is 13.1. The van der Waals surface area contributed by atoms with Crippen LogP contribution in [0.1, 0.15) is 22.9 Å². The highest BCUT2D eigenvalue weighted by Crippen LogP contribution is 2.19. The monoisotopic (exact) mass is 308 g/mol. The summed E-state index contributed by atoms with van der Waals surface area (Å²) in [7, 11) is 0. The predicted octanol–water partition coefficient (Wildman–Crippen LogP) is 3.33. The summed E-state index contributed by atoms with van der Waals surface area (Å²) in [6.07, 6.45) is 1.74. The molecule has 116 valence electrons. The molecule has 0 radical (unpaired) electrons. The van der Waals surface area contributed by atoms with Crippen LogP contribution in [0.25, 0.3) is 5.69 Å². The first-order valence-corrected chi connectivity index (χ1v) is 7.36. The van der Waals surface area contributed by atoms with Crippen molar-refractivity contribution in [2.45, 2.75) is 13.0 Å². The molecular weight excluding hydrogens is 291 g/mol. The molecule has 1 aromatic heterocycles. The van der Waals surface area contributed by atoms with Gasteiger partial charge in [-0.1, -0.05) is 30.3 Å². The Morgan fingerprint density at radius 2 is 1.70 bits per heavy atom. The highest BCUT2D eigenvalue weighted by Gasteiger charge is 2.14. The van der Waals surface area contributed by atoms with Crippen molar-refractivity contribution in [2.75, 3.05) is 0 Å². The van der Waals surface area contributed by atoms with E-state index in [1.165, 1.54) is 12.1 Å². The minimum atomic E-state index is -0.504. The number of hydrogen-bond acceptors (Lipinski definition) is 2. The van der Waals surface area contributed by atoms with Gasteiger partial charge >= 0.3 is 0 Å². The molecule has 0 saturated carbocycles. The Kier molecular flexibility index (Phi) is 4.08. The standard InChI is InChI=1S/C19H17FN2O/c1-13-11-18(23)17(19(21)14-5-3-2-4-6-14)12-22(13)16-9-7-15(20)8-10-16/h2-12,19H,21H2,1H3. The van der Waals surface area contributed by atoms with Crippen molar-refractivity contribution in [2.24, 2.45) is 5.73 Å². The number of benzene rings is 2. The molecule has 3 rings (SSSR count). The molecule has 4 heteroatoms. The summed E-state index contributed by atoms with van der Waals surface area (Å²) in [6.45, 7) is 1.84. The molecule has 0 aliphatic heterocycles. The van der Waals surface area contributed by atoms with Gasteiger partial charge in [-0.3, -0.25) is 4.79 Å². The normalized spacial score (nSPS) is 12.1. The van der Waals surface area contributed by atoms with Gasteiger partial charge in [-0.15, -0.1) is 0 Å². The van der Waals surface area contributed by atoms with Crippen molar-refractivity contribution < 1.29 is 4.39 Å².